The highest BCUT2D eigenvalue weighted by atomic mass is 32.2. The Morgan fingerprint density at radius 3 is 2.24 bits per heavy atom. The number of nitrogens with zero attached hydrogens (tertiary/aromatic N) is 2. The summed E-state index contributed by atoms with van der Waals surface area (Å²) in [5.74, 6) is -0.866. The first-order valence-corrected chi connectivity index (χ1v) is 12.3. The average Bonchev–Trinajstić information content (AvgIpc) is 2.78. The van der Waals surface area contributed by atoms with Crippen molar-refractivity contribution in [1.82, 2.24) is 9.62 Å². The van der Waals surface area contributed by atoms with Crippen LogP contribution in [-0.4, -0.2) is 32.7 Å². The molecule has 0 radical (unpaired) electrons. The number of anilines is 1. The van der Waals surface area contributed by atoms with E-state index in [2.05, 4.69) is 11.4 Å². The van der Waals surface area contributed by atoms with Crippen LogP contribution in [-0.2, 0) is 16.8 Å². The minimum atomic E-state index is -3.95. The molecule has 6 nitrogen and oxygen atoms in total. The number of benzene rings is 3. The summed E-state index contributed by atoms with van der Waals surface area (Å²) in [6.07, 6.45) is 0. The Bertz CT molecular complexity index is 1270. The fourth-order valence-electron chi connectivity index (χ4n) is 3.74. The predicted molar refractivity (Wildman–Crippen MR) is 133 cm³/mol. The van der Waals surface area contributed by atoms with Crippen LogP contribution in [0.2, 0.25) is 0 Å². The first-order chi connectivity index (χ1) is 16.0. The van der Waals surface area contributed by atoms with E-state index in [1.54, 1.807) is 30.3 Å². The molecule has 3 rings (SSSR count). The maximum atomic E-state index is 14.4. The second-order valence-electron chi connectivity index (χ2n) is 8.50. The van der Waals surface area contributed by atoms with Crippen molar-refractivity contribution in [2.24, 2.45) is 0 Å². The topological polar surface area (TPSA) is 69.7 Å². The maximum absolute atomic E-state index is 14.4. The molecule has 0 saturated heterocycles. The number of halogens is 1. The minimum absolute atomic E-state index is 0.0414. The summed E-state index contributed by atoms with van der Waals surface area (Å²) >= 11 is 0. The fourth-order valence-corrected chi connectivity index (χ4v) is 4.84. The van der Waals surface area contributed by atoms with E-state index in [0.717, 1.165) is 25.3 Å². The Balaban J connectivity index is 1.79. The van der Waals surface area contributed by atoms with E-state index in [1.807, 2.05) is 32.9 Å². The number of amides is 1. The van der Waals surface area contributed by atoms with Crippen molar-refractivity contribution in [2.75, 3.05) is 18.4 Å². The molecule has 0 heterocycles. The van der Waals surface area contributed by atoms with E-state index in [0.29, 0.717) is 11.1 Å². The zero-order chi connectivity index (χ0) is 25.0. The van der Waals surface area contributed by atoms with Crippen LogP contribution in [0.1, 0.15) is 45.6 Å². The summed E-state index contributed by atoms with van der Waals surface area (Å²) in [5, 5.41) is 3.00. The van der Waals surface area contributed by atoms with E-state index in [-0.39, 0.29) is 24.2 Å². The van der Waals surface area contributed by atoms with Gasteiger partial charge in [-0.15, -0.1) is 0 Å². The molecule has 0 bridgehead atoms. The number of aryl methyl sites for hydroxylation is 2. The van der Waals surface area contributed by atoms with Gasteiger partial charge in [0.1, 0.15) is 5.82 Å². The molecule has 0 aliphatic heterocycles. The first kappa shape index (κ1) is 25.4. The van der Waals surface area contributed by atoms with Crippen LogP contribution >= 0.6 is 0 Å². The Hall–Kier alpha value is -3.23. The summed E-state index contributed by atoms with van der Waals surface area (Å²) in [4.78, 5) is 12.8. The molecule has 0 aliphatic rings. The van der Waals surface area contributed by atoms with E-state index >= 15 is 0 Å². The zero-order valence-corrected chi connectivity index (χ0v) is 20.9. The highest BCUT2D eigenvalue weighted by Gasteiger charge is 2.27. The monoisotopic (exact) mass is 483 g/mol. The Morgan fingerprint density at radius 2 is 1.65 bits per heavy atom. The first-order valence-electron chi connectivity index (χ1n) is 10.9. The molecule has 1 atom stereocenters. The molecule has 180 valence electrons. The van der Waals surface area contributed by atoms with Crippen LogP contribution in [0.3, 0.4) is 0 Å². The van der Waals surface area contributed by atoms with Crippen molar-refractivity contribution < 1.29 is 17.6 Å². The van der Waals surface area contributed by atoms with Crippen LogP contribution in [0.4, 0.5) is 10.1 Å². The van der Waals surface area contributed by atoms with Crippen LogP contribution in [0, 0.1) is 19.7 Å². The van der Waals surface area contributed by atoms with Gasteiger partial charge < -0.3 is 5.32 Å². The van der Waals surface area contributed by atoms with Gasteiger partial charge in [-0.1, -0.05) is 48.0 Å². The summed E-state index contributed by atoms with van der Waals surface area (Å²) < 4.78 is 42.3. The molecule has 0 saturated carbocycles. The lowest BCUT2D eigenvalue weighted by Gasteiger charge is -2.27. The third-order valence-corrected chi connectivity index (χ3v) is 7.45. The predicted octanol–water partition coefficient (Wildman–Crippen LogP) is 4.75. The SMILES string of the molecule is Cc1ccc([C@H](C)NC(=O)c2ccc(CN(c3ccccc3F)S(=O)(=O)N(C)C)cc2)c(C)c1. The van der Waals surface area contributed by atoms with E-state index in [4.69, 9.17) is 0 Å². The quantitative estimate of drug-likeness (QED) is 0.503. The normalized spacial score (nSPS) is 12.4. The lowest BCUT2D eigenvalue weighted by Crippen LogP contribution is -2.40. The Labute approximate surface area is 201 Å². The number of carbonyl (C=O) groups excluding carboxylic acids is 1. The number of hydrogen-bond donors (Lipinski definition) is 1. The number of nitrogens with one attached hydrogen (secondary N) is 1. The highest BCUT2D eigenvalue weighted by molar-refractivity contribution is 7.90. The molecule has 1 amide bonds. The van der Waals surface area contributed by atoms with Crippen LogP contribution in [0.15, 0.2) is 66.7 Å². The van der Waals surface area contributed by atoms with Crippen molar-refractivity contribution in [1.29, 1.82) is 0 Å². The largest absolute Gasteiger partial charge is 0.346 e. The molecule has 8 heteroatoms. The smallest absolute Gasteiger partial charge is 0.303 e. The van der Waals surface area contributed by atoms with Gasteiger partial charge in [-0.3, -0.25) is 9.10 Å². The van der Waals surface area contributed by atoms with Gasteiger partial charge in [-0.25, -0.2) is 4.39 Å². The number of hydrogen-bond acceptors (Lipinski definition) is 3. The maximum Gasteiger partial charge on any atom is 0.303 e. The molecule has 0 spiro atoms. The summed E-state index contributed by atoms with van der Waals surface area (Å²) in [5.41, 5.74) is 4.35. The minimum Gasteiger partial charge on any atom is -0.346 e. The van der Waals surface area contributed by atoms with Gasteiger partial charge in [-0.2, -0.15) is 12.7 Å². The summed E-state index contributed by atoms with van der Waals surface area (Å²) in [7, 11) is -1.15. The summed E-state index contributed by atoms with van der Waals surface area (Å²) in [6, 6.07) is 18.3. The molecule has 3 aromatic rings. The van der Waals surface area contributed by atoms with E-state index in [9.17, 15) is 17.6 Å². The molecule has 1 N–H and O–H groups in total. The molecule has 3 aromatic carbocycles. The van der Waals surface area contributed by atoms with Crippen molar-refractivity contribution in [2.45, 2.75) is 33.4 Å². The lowest BCUT2D eigenvalue weighted by molar-refractivity contribution is 0.0940. The van der Waals surface area contributed by atoms with Crippen LogP contribution < -0.4 is 9.62 Å². The average molecular weight is 484 g/mol. The van der Waals surface area contributed by atoms with Gasteiger partial charge >= 0.3 is 10.2 Å². The van der Waals surface area contributed by atoms with Crippen molar-refractivity contribution in [3.8, 4) is 0 Å². The van der Waals surface area contributed by atoms with E-state index in [1.165, 1.54) is 32.3 Å². The summed E-state index contributed by atoms with van der Waals surface area (Å²) in [6.45, 7) is 5.90. The second kappa shape index (κ2) is 10.4. The highest BCUT2D eigenvalue weighted by Crippen LogP contribution is 2.25. The standard InChI is InChI=1S/C26H30FN3O3S/c1-18-10-15-23(19(2)16-18)20(3)28-26(31)22-13-11-21(12-14-22)17-30(34(32,33)29(4)5)25-9-7-6-8-24(25)27/h6-16,20H,17H2,1-5H3,(H,28,31)/t20-/m0/s1. The van der Waals surface area contributed by atoms with Gasteiger partial charge in [0, 0.05) is 19.7 Å². The third-order valence-electron chi connectivity index (χ3n) is 5.64. The molecule has 0 aromatic heterocycles. The van der Waals surface area contributed by atoms with Gasteiger partial charge in [-0.05, 0) is 61.7 Å². The van der Waals surface area contributed by atoms with Gasteiger partial charge in [0.15, 0.2) is 0 Å². The van der Waals surface area contributed by atoms with Crippen molar-refractivity contribution in [3.05, 3.63) is 100 Å². The molecular formula is C26H30FN3O3S. The molecule has 0 unspecified atom stereocenters. The number of rotatable bonds is 8. The van der Waals surface area contributed by atoms with Gasteiger partial charge in [0.25, 0.3) is 5.91 Å². The van der Waals surface area contributed by atoms with Crippen LogP contribution in [0.25, 0.3) is 0 Å². The zero-order valence-electron chi connectivity index (χ0n) is 20.0. The number of carbonyl (C=O) groups is 1. The Morgan fingerprint density at radius 1 is 1.00 bits per heavy atom. The molecular weight excluding hydrogens is 453 g/mol. The van der Waals surface area contributed by atoms with Crippen molar-refractivity contribution in [3.63, 3.8) is 0 Å². The van der Waals surface area contributed by atoms with Gasteiger partial charge in [0.2, 0.25) is 0 Å². The molecule has 0 fully saturated rings. The fraction of sp³-hybridized carbons (Fsp3) is 0.269. The van der Waals surface area contributed by atoms with Crippen LogP contribution in [0.5, 0.6) is 0 Å². The third kappa shape index (κ3) is 5.63. The number of para-hydroxylation sites is 1. The molecule has 0 aliphatic carbocycles. The van der Waals surface area contributed by atoms with E-state index < -0.39 is 16.0 Å². The second-order valence-corrected chi connectivity index (χ2v) is 10.6. The lowest BCUT2D eigenvalue weighted by atomic mass is 10.00. The van der Waals surface area contributed by atoms with Crippen molar-refractivity contribution >= 4 is 21.8 Å². The Kier molecular flexibility index (Phi) is 7.74. The molecule has 34 heavy (non-hydrogen) atoms. The van der Waals surface area contributed by atoms with Gasteiger partial charge in [0.05, 0.1) is 18.3 Å².